The zero-order chi connectivity index (χ0) is 11.1. The molecule has 0 atom stereocenters. The van der Waals surface area contributed by atoms with Gasteiger partial charge in [-0.15, -0.1) is 0 Å². The summed E-state index contributed by atoms with van der Waals surface area (Å²) >= 11 is 0. The highest BCUT2D eigenvalue weighted by Gasteiger charge is 2.45. The summed E-state index contributed by atoms with van der Waals surface area (Å²) in [6.45, 7) is 4.02. The number of aryl methyl sites for hydroxylation is 1. The first kappa shape index (κ1) is 10.2. The van der Waals surface area contributed by atoms with Crippen LogP contribution in [0, 0.1) is 12.3 Å². The second-order valence-corrected chi connectivity index (χ2v) is 4.59. The Morgan fingerprint density at radius 2 is 2.07 bits per heavy atom. The Morgan fingerprint density at radius 3 is 2.60 bits per heavy atom. The van der Waals surface area contributed by atoms with Gasteiger partial charge in [0.25, 0.3) is 0 Å². The summed E-state index contributed by atoms with van der Waals surface area (Å²) in [5.74, 6) is 0.918. The zero-order valence-electron chi connectivity index (χ0n) is 9.46. The van der Waals surface area contributed by atoms with Gasteiger partial charge in [-0.3, -0.25) is 4.79 Å². The summed E-state index contributed by atoms with van der Waals surface area (Å²) in [5, 5.41) is 0. The maximum atomic E-state index is 12.2. The lowest BCUT2D eigenvalue weighted by molar-refractivity contribution is 0.0909. The fourth-order valence-corrected chi connectivity index (χ4v) is 1.74. The van der Waals surface area contributed by atoms with Gasteiger partial charge in [-0.1, -0.05) is 18.6 Å². The van der Waals surface area contributed by atoms with E-state index in [2.05, 4.69) is 0 Å². The van der Waals surface area contributed by atoms with Crippen LogP contribution in [0.15, 0.2) is 18.2 Å². The number of carbonyl (C=O) groups is 1. The van der Waals surface area contributed by atoms with Crippen molar-refractivity contribution >= 4 is 5.78 Å². The summed E-state index contributed by atoms with van der Waals surface area (Å²) in [6.07, 6.45) is 2.01. The summed E-state index contributed by atoms with van der Waals surface area (Å²) in [4.78, 5) is 12.2. The Balaban J connectivity index is 2.41. The maximum absolute atomic E-state index is 12.2. The molecule has 15 heavy (non-hydrogen) atoms. The number of methoxy groups -OCH3 is 1. The molecule has 2 rings (SSSR count). The quantitative estimate of drug-likeness (QED) is 0.707. The second-order valence-electron chi connectivity index (χ2n) is 4.59. The predicted octanol–water partition coefficient (Wildman–Crippen LogP) is 2.99. The Kier molecular flexibility index (Phi) is 2.29. The van der Waals surface area contributed by atoms with Crippen molar-refractivity contribution in [1.29, 1.82) is 0 Å². The van der Waals surface area contributed by atoms with E-state index in [1.54, 1.807) is 7.11 Å². The van der Waals surface area contributed by atoms with E-state index in [1.807, 2.05) is 32.0 Å². The molecule has 0 unspecified atom stereocenters. The Hall–Kier alpha value is -1.31. The van der Waals surface area contributed by atoms with Crippen molar-refractivity contribution in [3.63, 3.8) is 0 Å². The Bertz CT molecular complexity index is 403. The smallest absolute Gasteiger partial charge is 0.172 e. The van der Waals surface area contributed by atoms with Crippen LogP contribution in [0.3, 0.4) is 0 Å². The van der Waals surface area contributed by atoms with Gasteiger partial charge in [-0.05, 0) is 31.9 Å². The van der Waals surface area contributed by atoms with Gasteiger partial charge in [0.2, 0.25) is 0 Å². The van der Waals surface area contributed by atoms with Crippen molar-refractivity contribution in [2.75, 3.05) is 7.11 Å². The molecule has 0 N–H and O–H groups in total. The minimum absolute atomic E-state index is 0.124. The number of carbonyl (C=O) groups excluding carboxylic acids is 1. The molecule has 0 spiro atoms. The summed E-state index contributed by atoms with van der Waals surface area (Å²) < 4.78 is 5.22. The van der Waals surface area contributed by atoms with Crippen LogP contribution in [-0.4, -0.2) is 12.9 Å². The number of hydrogen-bond acceptors (Lipinski definition) is 2. The number of rotatable bonds is 3. The van der Waals surface area contributed by atoms with Crippen molar-refractivity contribution in [3.8, 4) is 5.75 Å². The lowest BCUT2D eigenvalue weighted by Gasteiger charge is -2.12. The van der Waals surface area contributed by atoms with Crippen LogP contribution in [-0.2, 0) is 0 Å². The molecule has 1 aliphatic rings. The number of benzene rings is 1. The third kappa shape index (κ3) is 1.76. The van der Waals surface area contributed by atoms with Crippen LogP contribution in [0.5, 0.6) is 5.75 Å². The molecule has 0 aromatic heterocycles. The minimum atomic E-state index is -0.124. The van der Waals surface area contributed by atoms with E-state index in [1.165, 1.54) is 0 Å². The first-order chi connectivity index (χ1) is 7.07. The van der Waals surface area contributed by atoms with Gasteiger partial charge < -0.3 is 4.74 Å². The van der Waals surface area contributed by atoms with Crippen molar-refractivity contribution in [2.45, 2.75) is 26.7 Å². The molecule has 0 saturated heterocycles. The number of ketones is 1. The molecule has 2 heteroatoms. The molecule has 80 valence electrons. The minimum Gasteiger partial charge on any atom is -0.496 e. The van der Waals surface area contributed by atoms with E-state index in [4.69, 9.17) is 4.74 Å². The number of hydrogen-bond donors (Lipinski definition) is 0. The average Bonchev–Trinajstić information content (AvgIpc) is 2.96. The van der Waals surface area contributed by atoms with Crippen molar-refractivity contribution in [1.82, 2.24) is 0 Å². The van der Waals surface area contributed by atoms with E-state index in [0.717, 1.165) is 24.0 Å². The van der Waals surface area contributed by atoms with Crippen LogP contribution < -0.4 is 4.74 Å². The highest BCUT2D eigenvalue weighted by Crippen LogP contribution is 2.48. The highest BCUT2D eigenvalue weighted by atomic mass is 16.5. The predicted molar refractivity (Wildman–Crippen MR) is 59.4 cm³/mol. The molecule has 2 nitrogen and oxygen atoms in total. The topological polar surface area (TPSA) is 26.3 Å². The Labute approximate surface area is 90.3 Å². The molecule has 1 aromatic rings. The van der Waals surface area contributed by atoms with Gasteiger partial charge in [-0.2, -0.15) is 0 Å². The van der Waals surface area contributed by atoms with Gasteiger partial charge in [0.1, 0.15) is 5.75 Å². The van der Waals surface area contributed by atoms with Gasteiger partial charge in [0, 0.05) is 5.41 Å². The SMILES string of the molecule is COc1ccc(C)cc1C(=O)C1(C)CC1. The van der Waals surface area contributed by atoms with Crippen molar-refractivity contribution in [3.05, 3.63) is 29.3 Å². The van der Waals surface area contributed by atoms with Crippen LogP contribution in [0.2, 0.25) is 0 Å². The van der Waals surface area contributed by atoms with E-state index in [-0.39, 0.29) is 11.2 Å². The molecule has 1 saturated carbocycles. The number of Topliss-reactive ketones (excluding diaryl/α,β-unsaturated/α-hetero) is 1. The molecule has 1 fully saturated rings. The highest BCUT2D eigenvalue weighted by molar-refractivity contribution is 6.04. The monoisotopic (exact) mass is 204 g/mol. The fourth-order valence-electron chi connectivity index (χ4n) is 1.74. The molecule has 0 amide bonds. The normalized spacial score (nSPS) is 17.3. The van der Waals surface area contributed by atoms with Gasteiger partial charge in [0.15, 0.2) is 5.78 Å². The van der Waals surface area contributed by atoms with E-state index in [0.29, 0.717) is 5.75 Å². The molecular formula is C13H16O2. The molecule has 0 radical (unpaired) electrons. The maximum Gasteiger partial charge on any atom is 0.172 e. The summed E-state index contributed by atoms with van der Waals surface area (Å²) in [6, 6.07) is 5.75. The third-order valence-corrected chi connectivity index (χ3v) is 3.15. The van der Waals surface area contributed by atoms with Crippen LogP contribution in [0.4, 0.5) is 0 Å². The van der Waals surface area contributed by atoms with Gasteiger partial charge in [-0.25, -0.2) is 0 Å². The first-order valence-electron chi connectivity index (χ1n) is 5.26. The molecular weight excluding hydrogens is 188 g/mol. The second kappa shape index (κ2) is 3.37. The van der Waals surface area contributed by atoms with Gasteiger partial charge in [0.05, 0.1) is 12.7 Å². The fraction of sp³-hybridized carbons (Fsp3) is 0.462. The molecule has 0 aliphatic heterocycles. The van der Waals surface area contributed by atoms with E-state index < -0.39 is 0 Å². The summed E-state index contributed by atoms with van der Waals surface area (Å²) in [7, 11) is 1.61. The molecule has 1 aromatic carbocycles. The Morgan fingerprint density at radius 1 is 1.40 bits per heavy atom. The molecule has 0 heterocycles. The van der Waals surface area contributed by atoms with Crippen LogP contribution in [0.1, 0.15) is 35.7 Å². The van der Waals surface area contributed by atoms with E-state index in [9.17, 15) is 4.79 Å². The van der Waals surface area contributed by atoms with E-state index >= 15 is 0 Å². The lowest BCUT2D eigenvalue weighted by Crippen LogP contribution is -2.13. The largest absolute Gasteiger partial charge is 0.496 e. The molecule has 0 bridgehead atoms. The van der Waals surface area contributed by atoms with Gasteiger partial charge >= 0.3 is 0 Å². The third-order valence-electron chi connectivity index (χ3n) is 3.15. The van der Waals surface area contributed by atoms with Crippen molar-refractivity contribution in [2.24, 2.45) is 5.41 Å². The van der Waals surface area contributed by atoms with Crippen LogP contribution in [0.25, 0.3) is 0 Å². The van der Waals surface area contributed by atoms with Crippen LogP contribution >= 0.6 is 0 Å². The first-order valence-corrected chi connectivity index (χ1v) is 5.26. The molecule has 1 aliphatic carbocycles. The number of ether oxygens (including phenoxy) is 1. The average molecular weight is 204 g/mol. The zero-order valence-corrected chi connectivity index (χ0v) is 9.46. The van der Waals surface area contributed by atoms with Crippen molar-refractivity contribution < 1.29 is 9.53 Å². The summed E-state index contributed by atoms with van der Waals surface area (Å²) in [5.41, 5.74) is 1.71. The lowest BCUT2D eigenvalue weighted by atomic mass is 9.95. The standard InChI is InChI=1S/C13H16O2/c1-9-4-5-11(15-3)10(8-9)12(14)13(2)6-7-13/h4-5,8H,6-7H2,1-3H3.